The number of carbonyl (C=O) groups excluding carboxylic acids is 1. The predicted molar refractivity (Wildman–Crippen MR) is 99.1 cm³/mol. The molecule has 6 heteroatoms. The standard InChI is InChI=1S/C17H26N4OS/c1-4-20-9-11-21(12-10-20)15-7-5-14(6-8-15)18-17(23)19-16(22)13(2)3/h5-8,13H,4,9-12H2,1-3H3,(H2,18,19,22,23)/p+1. The second-order valence-corrected chi connectivity index (χ2v) is 6.64. The van der Waals surface area contributed by atoms with E-state index in [0.717, 1.165) is 18.8 Å². The molecule has 0 bridgehead atoms. The number of hydrogen-bond donors (Lipinski definition) is 3. The highest BCUT2D eigenvalue weighted by Crippen LogP contribution is 2.18. The minimum atomic E-state index is -0.0824. The summed E-state index contributed by atoms with van der Waals surface area (Å²) >= 11 is 5.16. The highest BCUT2D eigenvalue weighted by molar-refractivity contribution is 7.80. The number of piperazine rings is 1. The molecule has 0 radical (unpaired) electrons. The summed E-state index contributed by atoms with van der Waals surface area (Å²) in [6.45, 7) is 11.7. The first-order valence-corrected chi connectivity index (χ1v) is 8.71. The summed E-state index contributed by atoms with van der Waals surface area (Å²) < 4.78 is 0. The number of anilines is 2. The molecule has 2 rings (SSSR count). The normalized spacial score (nSPS) is 15.6. The van der Waals surface area contributed by atoms with Gasteiger partial charge in [-0.25, -0.2) is 0 Å². The highest BCUT2D eigenvalue weighted by atomic mass is 32.1. The molecule has 0 unspecified atom stereocenters. The molecule has 23 heavy (non-hydrogen) atoms. The monoisotopic (exact) mass is 335 g/mol. The molecule has 126 valence electrons. The van der Waals surface area contributed by atoms with Gasteiger partial charge in [0, 0.05) is 17.3 Å². The predicted octanol–water partition coefficient (Wildman–Crippen LogP) is 0.880. The van der Waals surface area contributed by atoms with Crippen molar-refractivity contribution in [3.05, 3.63) is 24.3 Å². The van der Waals surface area contributed by atoms with Crippen LogP contribution in [0.5, 0.6) is 0 Å². The van der Waals surface area contributed by atoms with Crippen LogP contribution in [0.4, 0.5) is 11.4 Å². The number of nitrogens with one attached hydrogen (secondary N) is 3. The van der Waals surface area contributed by atoms with Gasteiger partial charge in [-0.05, 0) is 43.4 Å². The Bertz CT molecular complexity index is 536. The number of rotatable bonds is 4. The fourth-order valence-corrected chi connectivity index (χ4v) is 2.83. The number of likely N-dealkylation sites (N-methyl/N-ethyl adjacent to an activating group) is 1. The van der Waals surface area contributed by atoms with Crippen LogP contribution in [0.15, 0.2) is 24.3 Å². The van der Waals surface area contributed by atoms with E-state index >= 15 is 0 Å². The second-order valence-electron chi connectivity index (χ2n) is 6.24. The Hall–Kier alpha value is -1.66. The molecule has 1 aliphatic heterocycles. The molecule has 3 N–H and O–H groups in total. The van der Waals surface area contributed by atoms with E-state index in [9.17, 15) is 4.79 Å². The van der Waals surface area contributed by atoms with Crippen LogP contribution in [0.2, 0.25) is 0 Å². The number of carbonyl (C=O) groups is 1. The number of nitrogens with zero attached hydrogens (tertiary/aromatic N) is 1. The Morgan fingerprint density at radius 3 is 2.39 bits per heavy atom. The number of thiocarbonyl (C=S) groups is 1. The van der Waals surface area contributed by atoms with E-state index in [1.165, 1.54) is 25.3 Å². The molecule has 1 amide bonds. The van der Waals surface area contributed by atoms with E-state index < -0.39 is 0 Å². The molecule has 5 nitrogen and oxygen atoms in total. The third kappa shape index (κ3) is 5.18. The van der Waals surface area contributed by atoms with Crippen molar-refractivity contribution >= 4 is 34.6 Å². The van der Waals surface area contributed by atoms with Crippen molar-refractivity contribution in [1.82, 2.24) is 5.32 Å². The zero-order chi connectivity index (χ0) is 16.8. The minimum Gasteiger partial charge on any atom is -0.360 e. The first-order chi connectivity index (χ1) is 11.0. The molecule has 1 heterocycles. The summed E-state index contributed by atoms with van der Waals surface area (Å²) in [5.74, 6) is -0.156. The van der Waals surface area contributed by atoms with Crippen LogP contribution >= 0.6 is 12.2 Å². The molecule has 1 fully saturated rings. The van der Waals surface area contributed by atoms with Crippen LogP contribution in [0, 0.1) is 5.92 Å². The van der Waals surface area contributed by atoms with Crippen molar-refractivity contribution < 1.29 is 9.69 Å². The Morgan fingerprint density at radius 1 is 1.26 bits per heavy atom. The molecule has 0 atom stereocenters. The van der Waals surface area contributed by atoms with Gasteiger partial charge < -0.3 is 20.4 Å². The zero-order valence-corrected chi connectivity index (χ0v) is 15.0. The fourth-order valence-electron chi connectivity index (χ4n) is 2.61. The van der Waals surface area contributed by atoms with Gasteiger partial charge in [-0.2, -0.15) is 0 Å². The lowest BCUT2D eigenvalue weighted by Gasteiger charge is -2.33. The lowest BCUT2D eigenvalue weighted by Crippen LogP contribution is -3.14. The van der Waals surface area contributed by atoms with E-state index in [4.69, 9.17) is 12.2 Å². The molecular formula is C17H27N4OS+. The van der Waals surface area contributed by atoms with Crippen molar-refractivity contribution in [2.45, 2.75) is 20.8 Å². The van der Waals surface area contributed by atoms with Crippen LogP contribution in [-0.2, 0) is 4.79 Å². The zero-order valence-electron chi connectivity index (χ0n) is 14.2. The van der Waals surface area contributed by atoms with Crippen molar-refractivity contribution in [3.63, 3.8) is 0 Å². The summed E-state index contributed by atoms with van der Waals surface area (Å²) in [6.07, 6.45) is 0. The summed E-state index contributed by atoms with van der Waals surface area (Å²) in [4.78, 5) is 15.7. The Kier molecular flexibility index (Phi) is 6.36. The summed E-state index contributed by atoms with van der Waals surface area (Å²) in [5, 5.41) is 6.08. The van der Waals surface area contributed by atoms with Crippen LogP contribution in [0.1, 0.15) is 20.8 Å². The second kappa shape index (κ2) is 8.26. The lowest BCUT2D eigenvalue weighted by atomic mass is 10.2. The summed E-state index contributed by atoms with van der Waals surface area (Å²) in [7, 11) is 0. The third-order valence-electron chi connectivity index (χ3n) is 4.22. The van der Waals surface area contributed by atoms with Crippen LogP contribution in [0.25, 0.3) is 0 Å². The number of quaternary nitrogens is 1. The molecule has 1 saturated heterocycles. The minimum absolute atomic E-state index is 0.0737. The van der Waals surface area contributed by atoms with Crippen LogP contribution in [-0.4, -0.2) is 43.7 Å². The van der Waals surface area contributed by atoms with Gasteiger partial charge in [-0.1, -0.05) is 13.8 Å². The smallest absolute Gasteiger partial charge is 0.228 e. The topological polar surface area (TPSA) is 48.8 Å². The van der Waals surface area contributed by atoms with E-state index in [1.54, 1.807) is 4.90 Å². The van der Waals surface area contributed by atoms with Gasteiger partial charge >= 0.3 is 0 Å². The molecule has 0 aromatic heterocycles. The summed E-state index contributed by atoms with van der Waals surface area (Å²) in [6, 6.07) is 8.21. The highest BCUT2D eigenvalue weighted by Gasteiger charge is 2.18. The average molecular weight is 335 g/mol. The number of hydrogen-bond acceptors (Lipinski definition) is 3. The maximum absolute atomic E-state index is 11.6. The molecule has 0 saturated carbocycles. The first-order valence-electron chi connectivity index (χ1n) is 8.30. The van der Waals surface area contributed by atoms with Crippen molar-refractivity contribution in [2.24, 2.45) is 5.92 Å². The SMILES string of the molecule is CC[NH+]1CCN(c2ccc(NC(=S)NC(=O)C(C)C)cc2)CC1. The number of amides is 1. The maximum Gasteiger partial charge on any atom is 0.228 e. The molecule has 1 aliphatic rings. The molecule has 1 aromatic rings. The summed E-state index contributed by atoms with van der Waals surface area (Å²) in [5.41, 5.74) is 2.13. The lowest BCUT2D eigenvalue weighted by molar-refractivity contribution is -0.898. The van der Waals surface area contributed by atoms with Crippen LogP contribution in [0.3, 0.4) is 0 Å². The molecule has 0 spiro atoms. The van der Waals surface area contributed by atoms with Crippen molar-refractivity contribution in [1.29, 1.82) is 0 Å². The fraction of sp³-hybridized carbons (Fsp3) is 0.529. The Labute approximate surface area is 144 Å². The Morgan fingerprint density at radius 2 is 1.87 bits per heavy atom. The van der Waals surface area contributed by atoms with Gasteiger partial charge in [0.25, 0.3) is 0 Å². The van der Waals surface area contributed by atoms with Gasteiger partial charge in [0.1, 0.15) is 0 Å². The third-order valence-corrected chi connectivity index (χ3v) is 4.43. The van der Waals surface area contributed by atoms with E-state index in [0.29, 0.717) is 5.11 Å². The first kappa shape index (κ1) is 17.7. The van der Waals surface area contributed by atoms with E-state index in [1.807, 2.05) is 26.0 Å². The van der Waals surface area contributed by atoms with Gasteiger partial charge in [0.15, 0.2) is 5.11 Å². The molecule has 0 aliphatic carbocycles. The molecular weight excluding hydrogens is 308 g/mol. The van der Waals surface area contributed by atoms with E-state index in [-0.39, 0.29) is 11.8 Å². The Balaban J connectivity index is 1.87. The van der Waals surface area contributed by atoms with Gasteiger partial charge in [0.2, 0.25) is 5.91 Å². The largest absolute Gasteiger partial charge is 0.360 e. The maximum atomic E-state index is 11.6. The van der Waals surface area contributed by atoms with Gasteiger partial charge in [-0.3, -0.25) is 4.79 Å². The van der Waals surface area contributed by atoms with Crippen LogP contribution < -0.4 is 20.4 Å². The number of benzene rings is 1. The van der Waals surface area contributed by atoms with E-state index in [2.05, 4.69) is 34.6 Å². The average Bonchev–Trinajstić information content (AvgIpc) is 2.55. The quantitative estimate of drug-likeness (QED) is 0.715. The van der Waals surface area contributed by atoms with Gasteiger partial charge in [-0.15, -0.1) is 0 Å². The van der Waals surface area contributed by atoms with Gasteiger partial charge in [0.05, 0.1) is 32.7 Å². The van der Waals surface area contributed by atoms with Crippen molar-refractivity contribution in [3.8, 4) is 0 Å². The molecule has 1 aromatic carbocycles. The van der Waals surface area contributed by atoms with Crippen molar-refractivity contribution in [2.75, 3.05) is 42.9 Å².